The molecule has 1 N–H and O–H groups in total. The number of amides is 2. The molecule has 0 bridgehead atoms. The van der Waals surface area contributed by atoms with Gasteiger partial charge in [-0.25, -0.2) is 0 Å². The van der Waals surface area contributed by atoms with Gasteiger partial charge in [-0.3, -0.25) is 9.59 Å². The molecule has 2 aromatic rings. The molecule has 2 heterocycles. The maximum absolute atomic E-state index is 12.3. The van der Waals surface area contributed by atoms with E-state index >= 15 is 0 Å². The van der Waals surface area contributed by atoms with Crippen molar-refractivity contribution in [2.24, 2.45) is 5.92 Å². The summed E-state index contributed by atoms with van der Waals surface area (Å²) < 4.78 is 0. The number of hydrogen-bond acceptors (Lipinski definition) is 3. The first-order chi connectivity index (χ1) is 11.7. The lowest BCUT2D eigenvalue weighted by Crippen LogP contribution is -2.43. The Balaban J connectivity index is 1.41. The quantitative estimate of drug-likeness (QED) is 0.908. The molecule has 1 aromatic carbocycles. The third-order valence-corrected chi connectivity index (χ3v) is 5.30. The normalized spacial score (nSPS) is 15.2. The minimum absolute atomic E-state index is 0.0214. The first-order valence-corrected chi connectivity index (χ1v) is 9.26. The summed E-state index contributed by atoms with van der Waals surface area (Å²) in [7, 11) is 0. The van der Waals surface area contributed by atoms with E-state index in [2.05, 4.69) is 17.4 Å². The zero-order valence-corrected chi connectivity index (χ0v) is 14.4. The predicted molar refractivity (Wildman–Crippen MR) is 96.1 cm³/mol. The number of carbonyl (C=O) groups excluding carboxylic acids is 2. The monoisotopic (exact) mass is 342 g/mol. The van der Waals surface area contributed by atoms with Crippen LogP contribution in [0.5, 0.6) is 0 Å². The molecule has 1 saturated heterocycles. The van der Waals surface area contributed by atoms with Crippen molar-refractivity contribution in [2.45, 2.75) is 19.3 Å². The highest BCUT2D eigenvalue weighted by molar-refractivity contribution is 7.12. The smallest absolute Gasteiger partial charge is 0.263 e. The van der Waals surface area contributed by atoms with E-state index in [1.807, 2.05) is 40.6 Å². The topological polar surface area (TPSA) is 49.4 Å². The number of thiophene rings is 1. The summed E-state index contributed by atoms with van der Waals surface area (Å²) >= 11 is 1.47. The lowest BCUT2D eigenvalue weighted by molar-refractivity contribution is -0.126. The molecule has 0 radical (unpaired) electrons. The molecular weight excluding hydrogens is 320 g/mol. The van der Waals surface area contributed by atoms with Gasteiger partial charge < -0.3 is 10.2 Å². The molecule has 4 nitrogen and oxygen atoms in total. The summed E-state index contributed by atoms with van der Waals surface area (Å²) in [5, 5.41) is 4.95. The van der Waals surface area contributed by atoms with Crippen LogP contribution in [-0.4, -0.2) is 36.3 Å². The summed E-state index contributed by atoms with van der Waals surface area (Å²) in [6.45, 7) is 1.98. The van der Waals surface area contributed by atoms with Crippen molar-refractivity contribution >= 4 is 23.2 Å². The van der Waals surface area contributed by atoms with Gasteiger partial charge in [0.25, 0.3) is 5.91 Å². The number of hydrogen-bond donors (Lipinski definition) is 1. The average molecular weight is 342 g/mol. The number of nitrogens with zero attached hydrogens (tertiary/aromatic N) is 1. The Hall–Kier alpha value is -2.14. The second-order valence-electron chi connectivity index (χ2n) is 6.07. The van der Waals surface area contributed by atoms with Crippen molar-refractivity contribution in [1.29, 1.82) is 0 Å². The Morgan fingerprint density at radius 3 is 2.50 bits per heavy atom. The standard InChI is InChI=1S/C19H22N2O2S/c22-18(20-11-8-15-5-2-1-3-6-15)16-9-12-21(13-10-16)19(23)17-7-4-14-24-17/h1-7,14,16H,8-13H2,(H,20,22). The molecule has 0 spiro atoms. The average Bonchev–Trinajstić information content (AvgIpc) is 3.17. The van der Waals surface area contributed by atoms with Crippen LogP contribution in [0.25, 0.3) is 0 Å². The Morgan fingerprint density at radius 1 is 1.08 bits per heavy atom. The first kappa shape index (κ1) is 16.7. The van der Waals surface area contributed by atoms with Crippen molar-refractivity contribution < 1.29 is 9.59 Å². The van der Waals surface area contributed by atoms with Gasteiger partial charge in [0.2, 0.25) is 5.91 Å². The van der Waals surface area contributed by atoms with Crippen LogP contribution in [0.3, 0.4) is 0 Å². The number of likely N-dealkylation sites (tertiary alicyclic amines) is 1. The van der Waals surface area contributed by atoms with E-state index in [1.165, 1.54) is 16.9 Å². The summed E-state index contributed by atoms with van der Waals surface area (Å²) in [5.74, 6) is 0.232. The summed E-state index contributed by atoms with van der Waals surface area (Å²) in [6, 6.07) is 13.9. The summed E-state index contributed by atoms with van der Waals surface area (Å²) in [6.07, 6.45) is 2.34. The Labute approximate surface area is 146 Å². The minimum atomic E-state index is 0.0214. The molecular formula is C19H22N2O2S. The van der Waals surface area contributed by atoms with Gasteiger partial charge in [0, 0.05) is 25.6 Å². The van der Waals surface area contributed by atoms with E-state index in [1.54, 1.807) is 0 Å². The molecule has 0 atom stereocenters. The predicted octanol–water partition coefficient (Wildman–Crippen LogP) is 2.96. The Bertz CT molecular complexity index is 662. The fraction of sp³-hybridized carbons (Fsp3) is 0.368. The van der Waals surface area contributed by atoms with Crippen molar-refractivity contribution in [3.05, 3.63) is 58.3 Å². The van der Waals surface area contributed by atoms with Gasteiger partial charge in [0.1, 0.15) is 0 Å². The number of benzene rings is 1. The van der Waals surface area contributed by atoms with Gasteiger partial charge in [0.05, 0.1) is 4.88 Å². The van der Waals surface area contributed by atoms with Crippen molar-refractivity contribution in [3.63, 3.8) is 0 Å². The number of rotatable bonds is 5. The van der Waals surface area contributed by atoms with Gasteiger partial charge >= 0.3 is 0 Å². The molecule has 1 aromatic heterocycles. The van der Waals surface area contributed by atoms with Crippen molar-refractivity contribution in [1.82, 2.24) is 10.2 Å². The largest absolute Gasteiger partial charge is 0.356 e. The highest BCUT2D eigenvalue weighted by Gasteiger charge is 2.27. The van der Waals surface area contributed by atoms with E-state index < -0.39 is 0 Å². The van der Waals surface area contributed by atoms with E-state index in [0.29, 0.717) is 19.6 Å². The molecule has 0 saturated carbocycles. The molecule has 0 aliphatic carbocycles. The van der Waals surface area contributed by atoms with E-state index in [4.69, 9.17) is 0 Å². The minimum Gasteiger partial charge on any atom is -0.356 e. The van der Waals surface area contributed by atoms with Gasteiger partial charge in [-0.1, -0.05) is 36.4 Å². The maximum atomic E-state index is 12.3. The van der Waals surface area contributed by atoms with Crippen molar-refractivity contribution in [2.75, 3.05) is 19.6 Å². The van der Waals surface area contributed by atoms with Crippen LogP contribution in [-0.2, 0) is 11.2 Å². The lowest BCUT2D eigenvalue weighted by atomic mass is 9.95. The van der Waals surface area contributed by atoms with Crippen LogP contribution in [0, 0.1) is 5.92 Å². The number of piperidine rings is 1. The Morgan fingerprint density at radius 2 is 1.83 bits per heavy atom. The van der Waals surface area contributed by atoms with Crippen LogP contribution in [0.1, 0.15) is 28.1 Å². The van der Waals surface area contributed by atoms with Crippen LogP contribution in [0.15, 0.2) is 47.8 Å². The van der Waals surface area contributed by atoms with E-state index in [9.17, 15) is 9.59 Å². The fourth-order valence-electron chi connectivity index (χ4n) is 3.02. The zero-order chi connectivity index (χ0) is 16.8. The SMILES string of the molecule is O=C(NCCc1ccccc1)C1CCN(C(=O)c2cccs2)CC1. The van der Waals surface area contributed by atoms with Gasteiger partial charge in [-0.2, -0.15) is 0 Å². The van der Waals surface area contributed by atoms with Gasteiger partial charge in [-0.05, 0) is 36.3 Å². The fourth-order valence-corrected chi connectivity index (χ4v) is 3.71. The third kappa shape index (κ3) is 4.23. The van der Waals surface area contributed by atoms with Gasteiger partial charge in [-0.15, -0.1) is 11.3 Å². The zero-order valence-electron chi connectivity index (χ0n) is 13.6. The second-order valence-corrected chi connectivity index (χ2v) is 7.02. The molecule has 1 aliphatic heterocycles. The number of nitrogens with one attached hydrogen (secondary N) is 1. The molecule has 2 amide bonds. The molecule has 1 aliphatic rings. The first-order valence-electron chi connectivity index (χ1n) is 8.38. The summed E-state index contributed by atoms with van der Waals surface area (Å²) in [4.78, 5) is 27.2. The highest BCUT2D eigenvalue weighted by atomic mass is 32.1. The molecule has 24 heavy (non-hydrogen) atoms. The van der Waals surface area contributed by atoms with Crippen LogP contribution >= 0.6 is 11.3 Å². The molecule has 0 unspecified atom stereocenters. The number of carbonyl (C=O) groups is 2. The molecule has 126 valence electrons. The third-order valence-electron chi connectivity index (χ3n) is 4.44. The maximum Gasteiger partial charge on any atom is 0.263 e. The lowest BCUT2D eigenvalue weighted by Gasteiger charge is -2.31. The van der Waals surface area contributed by atoms with Crippen molar-refractivity contribution in [3.8, 4) is 0 Å². The summed E-state index contributed by atoms with van der Waals surface area (Å²) in [5.41, 5.74) is 1.23. The van der Waals surface area contributed by atoms with E-state index in [0.717, 1.165) is 24.1 Å². The second kappa shape index (κ2) is 8.11. The van der Waals surface area contributed by atoms with Gasteiger partial charge in [0.15, 0.2) is 0 Å². The highest BCUT2D eigenvalue weighted by Crippen LogP contribution is 2.20. The van der Waals surface area contributed by atoms with Crippen LogP contribution < -0.4 is 5.32 Å². The molecule has 5 heteroatoms. The van der Waals surface area contributed by atoms with Crippen LogP contribution in [0.2, 0.25) is 0 Å². The van der Waals surface area contributed by atoms with Crippen LogP contribution in [0.4, 0.5) is 0 Å². The Kier molecular flexibility index (Phi) is 5.64. The molecule has 1 fully saturated rings. The molecule has 3 rings (SSSR count). The van der Waals surface area contributed by atoms with E-state index in [-0.39, 0.29) is 17.7 Å².